The predicted octanol–water partition coefficient (Wildman–Crippen LogP) is 2.20. The summed E-state index contributed by atoms with van der Waals surface area (Å²) in [5, 5.41) is 15.0. The number of hydrogen-bond donors (Lipinski definition) is 2. The van der Waals surface area contributed by atoms with Crippen molar-refractivity contribution in [2.24, 2.45) is 4.99 Å². The van der Waals surface area contributed by atoms with Gasteiger partial charge in [-0.1, -0.05) is 13.0 Å². The summed E-state index contributed by atoms with van der Waals surface area (Å²) in [5.41, 5.74) is 1.07. The highest BCUT2D eigenvalue weighted by Crippen LogP contribution is 2.12. The van der Waals surface area contributed by atoms with Crippen molar-refractivity contribution in [1.82, 2.24) is 30.4 Å². The molecule has 0 radical (unpaired) electrons. The van der Waals surface area contributed by atoms with E-state index in [0.717, 1.165) is 69.4 Å². The van der Waals surface area contributed by atoms with Crippen LogP contribution >= 0.6 is 24.0 Å². The minimum Gasteiger partial charge on any atom is -0.376 e. The number of pyridine rings is 1. The lowest BCUT2D eigenvalue weighted by Gasteiger charge is -2.21. The van der Waals surface area contributed by atoms with Gasteiger partial charge in [-0.15, -0.1) is 34.2 Å². The number of aromatic nitrogens is 4. The zero-order valence-electron chi connectivity index (χ0n) is 17.1. The molecule has 3 rings (SSSR count). The summed E-state index contributed by atoms with van der Waals surface area (Å²) in [5.74, 6) is 1.82. The Labute approximate surface area is 190 Å². The molecule has 2 aromatic heterocycles. The summed E-state index contributed by atoms with van der Waals surface area (Å²) in [6, 6.07) is 5.99. The Morgan fingerprint density at radius 1 is 1.28 bits per heavy atom. The average molecular weight is 513 g/mol. The Balaban J connectivity index is 0.00000300. The summed E-state index contributed by atoms with van der Waals surface area (Å²) >= 11 is 0. The summed E-state index contributed by atoms with van der Waals surface area (Å²) < 4.78 is 7.87. The SMILES string of the molecule is CCc1nncn1CCNC(=NCC1CCCCO1)NCCc1ccccn1.I. The molecule has 160 valence electrons. The third kappa shape index (κ3) is 8.25. The number of halogens is 1. The quantitative estimate of drug-likeness (QED) is 0.304. The zero-order valence-corrected chi connectivity index (χ0v) is 19.4. The van der Waals surface area contributed by atoms with E-state index in [-0.39, 0.29) is 30.1 Å². The van der Waals surface area contributed by atoms with Crippen LogP contribution in [-0.2, 0) is 24.1 Å². The van der Waals surface area contributed by atoms with Crippen LogP contribution in [0.15, 0.2) is 35.7 Å². The van der Waals surface area contributed by atoms with Gasteiger partial charge in [0.15, 0.2) is 5.96 Å². The molecule has 0 aromatic carbocycles. The molecule has 2 aromatic rings. The van der Waals surface area contributed by atoms with Gasteiger partial charge in [0.05, 0.1) is 12.6 Å². The molecule has 1 aliphatic heterocycles. The molecule has 0 saturated carbocycles. The molecule has 0 amide bonds. The van der Waals surface area contributed by atoms with Gasteiger partial charge < -0.3 is 19.9 Å². The number of hydrogen-bond acceptors (Lipinski definition) is 5. The lowest BCUT2D eigenvalue weighted by atomic mass is 10.1. The first-order valence-corrected chi connectivity index (χ1v) is 10.3. The smallest absolute Gasteiger partial charge is 0.191 e. The van der Waals surface area contributed by atoms with Crippen molar-refractivity contribution >= 4 is 29.9 Å². The Kier molecular flexibility index (Phi) is 10.9. The van der Waals surface area contributed by atoms with Crippen LogP contribution in [0.25, 0.3) is 0 Å². The highest BCUT2D eigenvalue weighted by molar-refractivity contribution is 14.0. The lowest BCUT2D eigenvalue weighted by molar-refractivity contribution is 0.0224. The van der Waals surface area contributed by atoms with Crippen LogP contribution in [0.3, 0.4) is 0 Å². The van der Waals surface area contributed by atoms with E-state index >= 15 is 0 Å². The molecule has 2 N–H and O–H groups in total. The molecule has 1 aliphatic rings. The Bertz CT molecular complexity index is 717. The van der Waals surface area contributed by atoms with E-state index in [1.54, 1.807) is 6.33 Å². The van der Waals surface area contributed by atoms with E-state index in [4.69, 9.17) is 9.73 Å². The van der Waals surface area contributed by atoms with Crippen molar-refractivity contribution in [2.75, 3.05) is 26.2 Å². The Hall–Kier alpha value is -1.75. The van der Waals surface area contributed by atoms with E-state index in [1.165, 1.54) is 6.42 Å². The first-order valence-electron chi connectivity index (χ1n) is 10.3. The van der Waals surface area contributed by atoms with Gasteiger partial charge in [-0.2, -0.15) is 0 Å². The molecule has 0 aliphatic carbocycles. The highest BCUT2D eigenvalue weighted by atomic mass is 127. The van der Waals surface area contributed by atoms with Gasteiger partial charge in [-0.25, -0.2) is 0 Å². The summed E-state index contributed by atoms with van der Waals surface area (Å²) in [6.07, 6.45) is 9.04. The number of nitrogens with one attached hydrogen (secondary N) is 2. The molecular formula is C20H32IN7O. The fourth-order valence-corrected chi connectivity index (χ4v) is 3.21. The van der Waals surface area contributed by atoms with Crippen molar-refractivity contribution in [2.45, 2.75) is 51.7 Å². The van der Waals surface area contributed by atoms with Gasteiger partial charge in [0, 0.05) is 51.0 Å². The maximum Gasteiger partial charge on any atom is 0.191 e. The monoisotopic (exact) mass is 513 g/mol. The minimum absolute atomic E-state index is 0. The topological polar surface area (TPSA) is 89.2 Å². The van der Waals surface area contributed by atoms with E-state index in [9.17, 15) is 0 Å². The Morgan fingerprint density at radius 3 is 2.93 bits per heavy atom. The molecule has 3 heterocycles. The largest absolute Gasteiger partial charge is 0.376 e. The van der Waals surface area contributed by atoms with Crippen LogP contribution in [0.2, 0.25) is 0 Å². The molecule has 29 heavy (non-hydrogen) atoms. The van der Waals surface area contributed by atoms with E-state index in [2.05, 4.69) is 37.3 Å². The highest BCUT2D eigenvalue weighted by Gasteiger charge is 2.13. The maximum absolute atomic E-state index is 5.80. The van der Waals surface area contributed by atoms with Gasteiger partial charge in [0.25, 0.3) is 0 Å². The second kappa shape index (κ2) is 13.5. The second-order valence-corrected chi connectivity index (χ2v) is 6.90. The molecule has 0 spiro atoms. The summed E-state index contributed by atoms with van der Waals surface area (Å²) in [6.45, 7) is 5.96. The number of rotatable bonds is 9. The number of ether oxygens (including phenoxy) is 1. The van der Waals surface area contributed by atoms with Crippen LogP contribution in [0, 0.1) is 0 Å². The van der Waals surface area contributed by atoms with Crippen molar-refractivity contribution in [1.29, 1.82) is 0 Å². The van der Waals surface area contributed by atoms with Crippen molar-refractivity contribution in [3.05, 3.63) is 42.2 Å². The molecule has 1 unspecified atom stereocenters. The lowest BCUT2D eigenvalue weighted by Crippen LogP contribution is -2.40. The average Bonchev–Trinajstić information content (AvgIpc) is 3.20. The number of aliphatic imine (C=N–C) groups is 1. The fraction of sp³-hybridized carbons (Fsp3) is 0.600. The van der Waals surface area contributed by atoms with Gasteiger partial charge in [0.2, 0.25) is 0 Å². The zero-order chi connectivity index (χ0) is 19.4. The summed E-state index contributed by atoms with van der Waals surface area (Å²) in [7, 11) is 0. The van der Waals surface area contributed by atoms with Gasteiger partial charge in [-0.3, -0.25) is 9.98 Å². The van der Waals surface area contributed by atoms with Gasteiger partial charge in [-0.05, 0) is 31.4 Å². The third-order valence-electron chi connectivity index (χ3n) is 4.78. The van der Waals surface area contributed by atoms with Crippen LogP contribution < -0.4 is 10.6 Å². The third-order valence-corrected chi connectivity index (χ3v) is 4.78. The molecule has 8 nitrogen and oxygen atoms in total. The molecule has 0 bridgehead atoms. The fourth-order valence-electron chi connectivity index (χ4n) is 3.21. The summed E-state index contributed by atoms with van der Waals surface area (Å²) in [4.78, 5) is 9.12. The van der Waals surface area contributed by atoms with Crippen LogP contribution in [0.1, 0.15) is 37.7 Å². The molecule has 9 heteroatoms. The molecule has 1 fully saturated rings. The van der Waals surface area contributed by atoms with Crippen LogP contribution in [-0.4, -0.2) is 58.1 Å². The van der Waals surface area contributed by atoms with Crippen molar-refractivity contribution in [3.63, 3.8) is 0 Å². The number of aryl methyl sites for hydroxylation is 1. The van der Waals surface area contributed by atoms with Crippen LogP contribution in [0.4, 0.5) is 0 Å². The second-order valence-electron chi connectivity index (χ2n) is 6.90. The van der Waals surface area contributed by atoms with E-state index in [0.29, 0.717) is 6.54 Å². The standard InChI is InChI=1S/C20H31N7O.HI/c1-2-19-26-25-16-27(19)13-12-23-20(24-15-18-8-4-6-14-28-18)22-11-9-17-7-3-5-10-21-17;/h3,5,7,10,16,18H,2,4,6,8-9,11-15H2,1H3,(H2,22,23,24);1H. The molecule has 1 atom stereocenters. The Morgan fingerprint density at radius 2 is 2.17 bits per heavy atom. The molecular weight excluding hydrogens is 481 g/mol. The normalized spacial score (nSPS) is 16.9. The van der Waals surface area contributed by atoms with E-state index < -0.39 is 0 Å². The van der Waals surface area contributed by atoms with Crippen molar-refractivity contribution < 1.29 is 4.74 Å². The number of guanidine groups is 1. The van der Waals surface area contributed by atoms with Crippen molar-refractivity contribution in [3.8, 4) is 0 Å². The number of nitrogens with zero attached hydrogens (tertiary/aromatic N) is 5. The molecule has 1 saturated heterocycles. The first kappa shape index (κ1) is 23.5. The maximum atomic E-state index is 5.80. The first-order chi connectivity index (χ1) is 13.8. The van der Waals surface area contributed by atoms with E-state index in [1.807, 2.05) is 24.4 Å². The van der Waals surface area contributed by atoms with Gasteiger partial charge in [0.1, 0.15) is 12.2 Å². The van der Waals surface area contributed by atoms with Crippen LogP contribution in [0.5, 0.6) is 0 Å². The minimum atomic E-state index is 0. The predicted molar refractivity (Wildman–Crippen MR) is 125 cm³/mol. The van der Waals surface area contributed by atoms with Gasteiger partial charge >= 0.3 is 0 Å².